The van der Waals surface area contributed by atoms with Crippen LogP contribution in [0.5, 0.6) is 5.75 Å². The summed E-state index contributed by atoms with van der Waals surface area (Å²) in [6.45, 7) is 4.49. The third kappa shape index (κ3) is 3.02. The maximum atomic E-state index is 13.3. The fourth-order valence-electron chi connectivity index (χ4n) is 1.35. The molecule has 0 aromatic heterocycles. The first-order valence-corrected chi connectivity index (χ1v) is 5.19. The SMILES string of the molecule is CCCCc1ccc(OCC)c(F)c1. The molecule has 14 heavy (non-hydrogen) atoms. The van der Waals surface area contributed by atoms with Gasteiger partial charge >= 0.3 is 0 Å². The third-order valence-corrected chi connectivity index (χ3v) is 2.12. The average molecular weight is 196 g/mol. The molecule has 0 unspecified atom stereocenters. The van der Waals surface area contributed by atoms with Crippen LogP contribution < -0.4 is 4.74 Å². The lowest BCUT2D eigenvalue weighted by Gasteiger charge is -2.06. The van der Waals surface area contributed by atoms with Gasteiger partial charge in [0.25, 0.3) is 0 Å². The average Bonchev–Trinajstić information content (AvgIpc) is 2.19. The second kappa shape index (κ2) is 5.63. The molecule has 0 atom stereocenters. The number of hydrogen-bond acceptors (Lipinski definition) is 1. The maximum absolute atomic E-state index is 13.3. The predicted molar refractivity (Wildman–Crippen MR) is 56.2 cm³/mol. The largest absolute Gasteiger partial charge is 0.491 e. The Labute approximate surface area is 84.9 Å². The summed E-state index contributed by atoms with van der Waals surface area (Å²) in [5.41, 5.74) is 1.05. The molecule has 0 aliphatic rings. The van der Waals surface area contributed by atoms with Crippen LogP contribution in [0.3, 0.4) is 0 Å². The van der Waals surface area contributed by atoms with Gasteiger partial charge in [-0.2, -0.15) is 0 Å². The lowest BCUT2D eigenvalue weighted by Crippen LogP contribution is -1.95. The zero-order chi connectivity index (χ0) is 10.4. The van der Waals surface area contributed by atoms with Gasteiger partial charge in [0, 0.05) is 0 Å². The molecular weight excluding hydrogens is 179 g/mol. The van der Waals surface area contributed by atoms with Crippen LogP contribution in [0.4, 0.5) is 4.39 Å². The Kier molecular flexibility index (Phi) is 4.44. The summed E-state index contributed by atoms with van der Waals surface area (Å²) >= 11 is 0. The summed E-state index contributed by atoms with van der Waals surface area (Å²) in [5, 5.41) is 0. The molecule has 0 spiro atoms. The van der Waals surface area contributed by atoms with E-state index in [1.165, 1.54) is 0 Å². The molecule has 0 saturated heterocycles. The Morgan fingerprint density at radius 2 is 2.07 bits per heavy atom. The van der Waals surface area contributed by atoms with Gasteiger partial charge in [-0.3, -0.25) is 0 Å². The molecule has 78 valence electrons. The first kappa shape index (κ1) is 11.0. The summed E-state index contributed by atoms with van der Waals surface area (Å²) in [6.07, 6.45) is 3.18. The lowest BCUT2D eigenvalue weighted by molar-refractivity contribution is 0.321. The number of ether oxygens (including phenoxy) is 1. The summed E-state index contributed by atoms with van der Waals surface area (Å²) in [6, 6.07) is 5.22. The van der Waals surface area contributed by atoms with Crippen molar-refractivity contribution in [1.82, 2.24) is 0 Å². The van der Waals surface area contributed by atoms with Crippen LogP contribution >= 0.6 is 0 Å². The van der Waals surface area contributed by atoms with E-state index < -0.39 is 0 Å². The summed E-state index contributed by atoms with van der Waals surface area (Å²) < 4.78 is 18.5. The van der Waals surface area contributed by atoms with Gasteiger partial charge in [-0.15, -0.1) is 0 Å². The van der Waals surface area contributed by atoms with Crippen molar-refractivity contribution in [2.45, 2.75) is 33.1 Å². The Bertz CT molecular complexity index is 284. The van der Waals surface area contributed by atoms with Crippen molar-refractivity contribution < 1.29 is 9.13 Å². The van der Waals surface area contributed by atoms with Gasteiger partial charge in [0.15, 0.2) is 11.6 Å². The lowest BCUT2D eigenvalue weighted by atomic mass is 10.1. The smallest absolute Gasteiger partial charge is 0.165 e. The zero-order valence-corrected chi connectivity index (χ0v) is 8.85. The molecular formula is C12H17FO. The number of unbranched alkanes of at least 4 members (excludes halogenated alkanes) is 1. The van der Waals surface area contributed by atoms with Gasteiger partial charge in [0.2, 0.25) is 0 Å². The van der Waals surface area contributed by atoms with E-state index >= 15 is 0 Å². The number of hydrogen-bond donors (Lipinski definition) is 0. The number of aryl methyl sites for hydroxylation is 1. The van der Waals surface area contributed by atoms with Crippen molar-refractivity contribution in [3.8, 4) is 5.75 Å². The van der Waals surface area contributed by atoms with Gasteiger partial charge in [-0.25, -0.2) is 4.39 Å². The Morgan fingerprint density at radius 3 is 2.64 bits per heavy atom. The van der Waals surface area contributed by atoms with Gasteiger partial charge < -0.3 is 4.74 Å². The highest BCUT2D eigenvalue weighted by Crippen LogP contribution is 2.19. The highest BCUT2D eigenvalue weighted by Gasteiger charge is 2.03. The minimum atomic E-state index is -0.250. The molecule has 2 heteroatoms. The normalized spacial score (nSPS) is 10.2. The van der Waals surface area contributed by atoms with Crippen LogP contribution in [0.25, 0.3) is 0 Å². The molecule has 0 amide bonds. The molecule has 1 rings (SSSR count). The van der Waals surface area contributed by atoms with Crippen LogP contribution in [0.15, 0.2) is 18.2 Å². The monoisotopic (exact) mass is 196 g/mol. The molecule has 1 nitrogen and oxygen atoms in total. The Hall–Kier alpha value is -1.05. The topological polar surface area (TPSA) is 9.23 Å². The van der Waals surface area contributed by atoms with Crippen LogP contribution in [-0.4, -0.2) is 6.61 Å². The molecule has 0 heterocycles. The van der Waals surface area contributed by atoms with E-state index in [9.17, 15) is 4.39 Å². The van der Waals surface area contributed by atoms with Crippen LogP contribution in [0.1, 0.15) is 32.3 Å². The van der Waals surface area contributed by atoms with Crippen molar-refractivity contribution in [2.24, 2.45) is 0 Å². The van der Waals surface area contributed by atoms with Crippen LogP contribution in [-0.2, 0) is 6.42 Å². The Morgan fingerprint density at radius 1 is 1.29 bits per heavy atom. The van der Waals surface area contributed by atoms with E-state index in [0.717, 1.165) is 24.8 Å². The third-order valence-electron chi connectivity index (χ3n) is 2.12. The second-order valence-corrected chi connectivity index (χ2v) is 3.30. The van der Waals surface area contributed by atoms with Gasteiger partial charge in [0.1, 0.15) is 0 Å². The fraction of sp³-hybridized carbons (Fsp3) is 0.500. The zero-order valence-electron chi connectivity index (χ0n) is 8.85. The number of rotatable bonds is 5. The van der Waals surface area contributed by atoms with Crippen molar-refractivity contribution in [1.29, 1.82) is 0 Å². The fourth-order valence-corrected chi connectivity index (χ4v) is 1.35. The molecule has 1 aromatic carbocycles. The minimum absolute atomic E-state index is 0.250. The molecule has 0 saturated carbocycles. The molecule has 0 bridgehead atoms. The molecule has 0 N–H and O–H groups in total. The Balaban J connectivity index is 2.68. The van der Waals surface area contributed by atoms with E-state index in [0.29, 0.717) is 12.4 Å². The van der Waals surface area contributed by atoms with Crippen LogP contribution in [0, 0.1) is 5.82 Å². The van der Waals surface area contributed by atoms with Gasteiger partial charge in [0.05, 0.1) is 6.61 Å². The minimum Gasteiger partial charge on any atom is -0.491 e. The van der Waals surface area contributed by atoms with Gasteiger partial charge in [-0.1, -0.05) is 19.4 Å². The van der Waals surface area contributed by atoms with Crippen molar-refractivity contribution >= 4 is 0 Å². The first-order chi connectivity index (χ1) is 6.77. The highest BCUT2D eigenvalue weighted by atomic mass is 19.1. The van der Waals surface area contributed by atoms with E-state index in [1.54, 1.807) is 12.1 Å². The van der Waals surface area contributed by atoms with Crippen molar-refractivity contribution in [2.75, 3.05) is 6.61 Å². The van der Waals surface area contributed by atoms with E-state index in [1.807, 2.05) is 13.0 Å². The summed E-state index contributed by atoms with van der Waals surface area (Å²) in [7, 11) is 0. The molecule has 0 aliphatic heterocycles. The van der Waals surface area contributed by atoms with E-state index in [2.05, 4.69) is 6.92 Å². The summed E-state index contributed by atoms with van der Waals surface area (Å²) in [4.78, 5) is 0. The van der Waals surface area contributed by atoms with Gasteiger partial charge in [-0.05, 0) is 37.5 Å². The molecule has 0 fully saturated rings. The standard InChI is InChI=1S/C12H17FO/c1-3-5-6-10-7-8-12(14-4-2)11(13)9-10/h7-9H,3-6H2,1-2H3. The quantitative estimate of drug-likeness (QED) is 0.699. The molecule has 0 aliphatic carbocycles. The number of benzene rings is 1. The van der Waals surface area contributed by atoms with Crippen molar-refractivity contribution in [3.63, 3.8) is 0 Å². The molecule has 1 aromatic rings. The number of halogens is 1. The molecule has 0 radical (unpaired) electrons. The second-order valence-electron chi connectivity index (χ2n) is 3.30. The predicted octanol–water partition coefficient (Wildman–Crippen LogP) is 3.57. The van der Waals surface area contributed by atoms with E-state index in [-0.39, 0.29) is 5.82 Å². The van der Waals surface area contributed by atoms with E-state index in [4.69, 9.17) is 4.74 Å². The highest BCUT2D eigenvalue weighted by molar-refractivity contribution is 5.29. The van der Waals surface area contributed by atoms with Crippen LogP contribution in [0.2, 0.25) is 0 Å². The summed E-state index contributed by atoms with van der Waals surface area (Å²) in [5.74, 6) is 0.105. The first-order valence-electron chi connectivity index (χ1n) is 5.19. The van der Waals surface area contributed by atoms with Crippen molar-refractivity contribution in [3.05, 3.63) is 29.6 Å². The maximum Gasteiger partial charge on any atom is 0.165 e.